The Kier molecular flexibility index (Phi) is 4.02. The monoisotopic (exact) mass is 279 g/mol. The average Bonchev–Trinajstić information content (AvgIpc) is 2.37. The topological polar surface area (TPSA) is 49.3 Å². The Bertz CT molecular complexity index is 599. The highest BCUT2D eigenvalue weighted by atomic mass is 35.5. The van der Waals surface area contributed by atoms with E-state index >= 15 is 0 Å². The third-order valence-corrected chi connectivity index (χ3v) is 2.92. The van der Waals surface area contributed by atoms with Crippen molar-refractivity contribution in [3.05, 3.63) is 64.4 Å². The van der Waals surface area contributed by atoms with Crippen LogP contribution in [0.4, 0.5) is 10.1 Å². The molecular weight excluding hydrogens is 269 g/mol. The Morgan fingerprint density at radius 3 is 2.47 bits per heavy atom. The molecule has 5 heteroatoms. The van der Waals surface area contributed by atoms with E-state index in [0.717, 1.165) is 5.56 Å². The Balaban J connectivity index is 2.06. The van der Waals surface area contributed by atoms with Gasteiger partial charge in [-0.25, -0.2) is 9.18 Å². The van der Waals surface area contributed by atoms with E-state index in [-0.39, 0.29) is 16.4 Å². The average molecular weight is 280 g/mol. The van der Waals surface area contributed by atoms with Crippen LogP contribution in [0.3, 0.4) is 0 Å². The molecule has 3 nitrogen and oxygen atoms in total. The number of aromatic carboxylic acids is 1. The van der Waals surface area contributed by atoms with Gasteiger partial charge >= 0.3 is 5.97 Å². The molecule has 0 saturated carbocycles. The minimum Gasteiger partial charge on any atom is -0.478 e. The quantitative estimate of drug-likeness (QED) is 0.895. The predicted molar refractivity (Wildman–Crippen MR) is 72.1 cm³/mol. The Hall–Kier alpha value is -2.07. The first-order chi connectivity index (χ1) is 9.06. The summed E-state index contributed by atoms with van der Waals surface area (Å²) in [5, 5.41) is 12.1. The zero-order chi connectivity index (χ0) is 13.8. The molecule has 0 aromatic heterocycles. The summed E-state index contributed by atoms with van der Waals surface area (Å²) in [6, 6.07) is 10.8. The zero-order valence-electron chi connectivity index (χ0n) is 9.86. The molecule has 0 atom stereocenters. The molecule has 0 aliphatic carbocycles. The summed E-state index contributed by atoms with van der Waals surface area (Å²) >= 11 is 5.86. The third kappa shape index (κ3) is 3.45. The second kappa shape index (κ2) is 5.71. The van der Waals surface area contributed by atoms with Gasteiger partial charge in [-0.3, -0.25) is 0 Å². The molecule has 0 saturated heterocycles. The standard InChI is InChI=1S/C14H11ClFNO2/c15-13-7-11(5-6-12(13)14(18)19)17-8-9-1-3-10(16)4-2-9/h1-7,17H,8H2,(H,18,19). The van der Waals surface area contributed by atoms with Crippen molar-refractivity contribution in [3.63, 3.8) is 0 Å². The van der Waals surface area contributed by atoms with Crippen molar-refractivity contribution in [1.82, 2.24) is 0 Å². The second-order valence-electron chi connectivity index (χ2n) is 3.98. The molecule has 0 fully saturated rings. The van der Waals surface area contributed by atoms with Crippen LogP contribution in [0.2, 0.25) is 5.02 Å². The first-order valence-electron chi connectivity index (χ1n) is 5.57. The number of carboxylic acid groups (broad SMARTS) is 1. The van der Waals surface area contributed by atoms with E-state index in [2.05, 4.69) is 5.32 Å². The highest BCUT2D eigenvalue weighted by Gasteiger charge is 2.08. The van der Waals surface area contributed by atoms with Gasteiger partial charge in [0.25, 0.3) is 0 Å². The summed E-state index contributed by atoms with van der Waals surface area (Å²) in [5.41, 5.74) is 1.69. The van der Waals surface area contributed by atoms with Gasteiger partial charge < -0.3 is 10.4 Å². The van der Waals surface area contributed by atoms with Crippen molar-refractivity contribution in [3.8, 4) is 0 Å². The molecule has 0 heterocycles. The van der Waals surface area contributed by atoms with Crippen molar-refractivity contribution in [2.45, 2.75) is 6.54 Å². The van der Waals surface area contributed by atoms with Gasteiger partial charge in [0.2, 0.25) is 0 Å². The van der Waals surface area contributed by atoms with E-state index in [1.165, 1.54) is 18.2 Å². The summed E-state index contributed by atoms with van der Waals surface area (Å²) < 4.78 is 12.7. The molecular formula is C14H11ClFNO2. The van der Waals surface area contributed by atoms with Crippen molar-refractivity contribution < 1.29 is 14.3 Å². The van der Waals surface area contributed by atoms with Gasteiger partial charge in [0.15, 0.2) is 0 Å². The fourth-order valence-electron chi connectivity index (χ4n) is 1.60. The van der Waals surface area contributed by atoms with Crippen LogP contribution in [-0.2, 0) is 6.54 Å². The van der Waals surface area contributed by atoms with Crippen LogP contribution >= 0.6 is 11.6 Å². The van der Waals surface area contributed by atoms with Crippen LogP contribution < -0.4 is 5.32 Å². The lowest BCUT2D eigenvalue weighted by atomic mass is 10.2. The molecule has 2 rings (SSSR count). The number of nitrogens with one attached hydrogen (secondary N) is 1. The molecule has 0 unspecified atom stereocenters. The highest BCUT2D eigenvalue weighted by molar-refractivity contribution is 6.33. The van der Waals surface area contributed by atoms with Crippen molar-refractivity contribution in [2.75, 3.05) is 5.32 Å². The normalized spacial score (nSPS) is 10.2. The van der Waals surface area contributed by atoms with Crippen molar-refractivity contribution in [1.29, 1.82) is 0 Å². The van der Waals surface area contributed by atoms with Gasteiger partial charge in [-0.2, -0.15) is 0 Å². The smallest absolute Gasteiger partial charge is 0.337 e. The van der Waals surface area contributed by atoms with Crippen LogP contribution in [0.5, 0.6) is 0 Å². The fraction of sp³-hybridized carbons (Fsp3) is 0.0714. The van der Waals surface area contributed by atoms with Crippen molar-refractivity contribution >= 4 is 23.3 Å². The molecule has 98 valence electrons. The van der Waals surface area contributed by atoms with E-state index in [4.69, 9.17) is 16.7 Å². The summed E-state index contributed by atoms with van der Waals surface area (Å²) in [6.07, 6.45) is 0. The van der Waals surface area contributed by atoms with Gasteiger partial charge in [0, 0.05) is 12.2 Å². The lowest BCUT2D eigenvalue weighted by molar-refractivity contribution is 0.0697. The van der Waals surface area contributed by atoms with Gasteiger partial charge in [-0.1, -0.05) is 23.7 Å². The van der Waals surface area contributed by atoms with Gasteiger partial charge in [-0.15, -0.1) is 0 Å². The first kappa shape index (κ1) is 13.4. The Morgan fingerprint density at radius 2 is 1.89 bits per heavy atom. The van der Waals surface area contributed by atoms with Gasteiger partial charge in [0.1, 0.15) is 5.82 Å². The number of anilines is 1. The lowest BCUT2D eigenvalue weighted by Crippen LogP contribution is -2.02. The molecule has 2 aromatic rings. The van der Waals surface area contributed by atoms with E-state index in [1.54, 1.807) is 24.3 Å². The van der Waals surface area contributed by atoms with E-state index < -0.39 is 5.97 Å². The number of hydrogen-bond donors (Lipinski definition) is 2. The number of rotatable bonds is 4. The number of halogens is 2. The van der Waals surface area contributed by atoms with Crippen LogP contribution in [0, 0.1) is 5.82 Å². The number of benzene rings is 2. The van der Waals surface area contributed by atoms with Crippen molar-refractivity contribution in [2.24, 2.45) is 0 Å². The fourth-order valence-corrected chi connectivity index (χ4v) is 1.87. The molecule has 0 radical (unpaired) electrons. The maximum Gasteiger partial charge on any atom is 0.337 e. The zero-order valence-corrected chi connectivity index (χ0v) is 10.6. The Morgan fingerprint density at radius 1 is 1.21 bits per heavy atom. The lowest BCUT2D eigenvalue weighted by Gasteiger charge is -2.08. The molecule has 0 spiro atoms. The van der Waals surface area contributed by atoms with E-state index in [9.17, 15) is 9.18 Å². The van der Waals surface area contributed by atoms with Crippen LogP contribution in [0.1, 0.15) is 15.9 Å². The highest BCUT2D eigenvalue weighted by Crippen LogP contribution is 2.21. The molecule has 0 aliphatic heterocycles. The summed E-state index contributed by atoms with van der Waals surface area (Å²) in [5.74, 6) is -1.34. The van der Waals surface area contributed by atoms with E-state index in [0.29, 0.717) is 12.2 Å². The van der Waals surface area contributed by atoms with Crippen LogP contribution in [-0.4, -0.2) is 11.1 Å². The molecule has 2 N–H and O–H groups in total. The number of carbonyl (C=O) groups is 1. The van der Waals surface area contributed by atoms with Gasteiger partial charge in [0.05, 0.1) is 10.6 Å². The minimum absolute atomic E-state index is 0.0639. The van der Waals surface area contributed by atoms with E-state index in [1.807, 2.05) is 0 Å². The molecule has 0 aliphatic rings. The second-order valence-corrected chi connectivity index (χ2v) is 4.39. The number of hydrogen-bond acceptors (Lipinski definition) is 2. The molecule has 0 bridgehead atoms. The SMILES string of the molecule is O=C(O)c1ccc(NCc2ccc(F)cc2)cc1Cl. The van der Waals surface area contributed by atoms with Crippen LogP contribution in [0.15, 0.2) is 42.5 Å². The third-order valence-electron chi connectivity index (χ3n) is 2.61. The summed E-state index contributed by atoms with van der Waals surface area (Å²) in [4.78, 5) is 10.8. The Labute approximate surface area is 114 Å². The maximum absolute atomic E-state index is 12.7. The predicted octanol–water partition coefficient (Wildman–Crippen LogP) is 3.79. The largest absolute Gasteiger partial charge is 0.478 e. The van der Waals surface area contributed by atoms with Crippen LogP contribution in [0.25, 0.3) is 0 Å². The molecule has 19 heavy (non-hydrogen) atoms. The summed E-state index contributed by atoms with van der Waals surface area (Å²) in [7, 11) is 0. The van der Waals surface area contributed by atoms with Gasteiger partial charge in [-0.05, 0) is 35.9 Å². The first-order valence-corrected chi connectivity index (χ1v) is 5.95. The summed E-state index contributed by atoms with van der Waals surface area (Å²) in [6.45, 7) is 0.503. The molecule has 2 aromatic carbocycles. The minimum atomic E-state index is -1.06. The number of carboxylic acids is 1. The maximum atomic E-state index is 12.7. The molecule has 0 amide bonds.